The van der Waals surface area contributed by atoms with Gasteiger partial charge in [-0.15, -0.1) is 0 Å². The van der Waals surface area contributed by atoms with Crippen LogP contribution >= 0.6 is 0 Å². The van der Waals surface area contributed by atoms with E-state index in [-0.39, 0.29) is 12.1 Å². The molecule has 16 heteroatoms. The first-order valence-electron chi connectivity index (χ1n) is 17.6. The van der Waals surface area contributed by atoms with Gasteiger partial charge in [0.1, 0.15) is 23.7 Å². The molecule has 2 aromatic heterocycles. The highest BCUT2D eigenvalue weighted by Gasteiger charge is 2.39. The highest BCUT2D eigenvalue weighted by atomic mass is 16.5. The Bertz CT molecular complexity index is 1920. The number of ether oxygens (including phenoxy) is 1. The van der Waals surface area contributed by atoms with E-state index in [1.807, 2.05) is 48.5 Å². The van der Waals surface area contributed by atoms with Gasteiger partial charge in [-0.2, -0.15) is 0 Å². The number of benzene rings is 2. The van der Waals surface area contributed by atoms with Crippen LogP contribution in [0, 0.1) is 0 Å². The zero-order valence-corrected chi connectivity index (χ0v) is 29.7. The molecule has 4 aromatic rings. The van der Waals surface area contributed by atoms with Crippen LogP contribution in [0.4, 0.5) is 9.59 Å². The first-order chi connectivity index (χ1) is 25.4. The summed E-state index contributed by atoms with van der Waals surface area (Å²) in [6.45, 7) is 3.73. The quantitative estimate of drug-likeness (QED) is 0.119. The third-order valence-corrected chi connectivity index (χ3v) is 9.85. The number of aliphatic hydroxyl groups excluding tert-OH is 2. The fourth-order valence-corrected chi connectivity index (χ4v) is 7.07. The zero-order chi connectivity index (χ0) is 37.8. The molecule has 2 aliphatic rings. The lowest BCUT2D eigenvalue weighted by Gasteiger charge is -2.29. The maximum atomic E-state index is 13.3. The van der Waals surface area contributed by atoms with E-state index < -0.39 is 48.3 Å². The fourth-order valence-electron chi connectivity index (χ4n) is 7.07. The number of carbonyl (C=O) groups is 4. The van der Waals surface area contributed by atoms with Crippen LogP contribution in [-0.2, 0) is 14.3 Å². The number of nitrogens with one attached hydrogen (secondary N) is 4. The molecular weight excluding hydrogens is 684 g/mol. The van der Waals surface area contributed by atoms with Crippen molar-refractivity contribution in [3.63, 3.8) is 0 Å². The Morgan fingerprint density at radius 1 is 0.717 bits per heavy atom. The molecule has 0 bridgehead atoms. The Morgan fingerprint density at radius 2 is 1.11 bits per heavy atom. The average Bonchev–Trinajstić information content (AvgIpc) is 3.98. The first-order valence-corrected chi connectivity index (χ1v) is 17.6. The molecule has 4 heterocycles. The third-order valence-electron chi connectivity index (χ3n) is 9.85. The Hall–Kier alpha value is -5.74. The summed E-state index contributed by atoms with van der Waals surface area (Å²) in [6, 6.07) is 12.9. The van der Waals surface area contributed by atoms with Crippen LogP contribution in [-0.4, -0.2) is 114 Å². The lowest BCUT2D eigenvalue weighted by atomic mass is 10.0. The number of hydrogen-bond donors (Lipinski definition) is 7. The molecule has 2 fully saturated rings. The highest BCUT2D eigenvalue weighted by molar-refractivity contribution is 5.87. The topological polar surface area (TPSA) is 226 Å². The summed E-state index contributed by atoms with van der Waals surface area (Å²) in [5.41, 5.74) is 5.38. The van der Waals surface area contributed by atoms with Crippen molar-refractivity contribution < 1.29 is 39.2 Å². The van der Waals surface area contributed by atoms with Crippen LogP contribution in [0.15, 0.2) is 60.9 Å². The van der Waals surface area contributed by atoms with E-state index in [0.717, 1.165) is 46.5 Å². The molecule has 0 radical (unpaired) electrons. The smallest absolute Gasteiger partial charge is 0.407 e. The van der Waals surface area contributed by atoms with E-state index >= 15 is 0 Å². The molecule has 0 unspecified atom stereocenters. The molecular formula is C37H44N8O8. The van der Waals surface area contributed by atoms with Gasteiger partial charge in [-0.05, 0) is 61.8 Å². The number of rotatable bonds is 11. The van der Waals surface area contributed by atoms with Crippen molar-refractivity contribution >= 4 is 24.0 Å². The minimum atomic E-state index is -1.38. The largest absolute Gasteiger partial charge is 0.465 e. The number of alkyl carbamates (subject to hydrolysis) is 1. The fraction of sp³-hybridized carbons (Fsp3) is 0.405. The van der Waals surface area contributed by atoms with Gasteiger partial charge in [-0.1, -0.05) is 48.5 Å². The van der Waals surface area contributed by atoms with Crippen molar-refractivity contribution in [2.75, 3.05) is 20.2 Å². The molecule has 2 aromatic carbocycles. The predicted molar refractivity (Wildman–Crippen MR) is 192 cm³/mol. The van der Waals surface area contributed by atoms with E-state index in [9.17, 15) is 29.4 Å². The van der Waals surface area contributed by atoms with Gasteiger partial charge in [-0.3, -0.25) is 9.59 Å². The van der Waals surface area contributed by atoms with E-state index in [2.05, 4.69) is 35.3 Å². The van der Waals surface area contributed by atoms with Crippen LogP contribution in [0.25, 0.3) is 33.6 Å². The van der Waals surface area contributed by atoms with Gasteiger partial charge in [0.05, 0.1) is 55.2 Å². The molecule has 7 N–H and O–H groups in total. The van der Waals surface area contributed by atoms with Crippen LogP contribution in [0.3, 0.4) is 0 Å². The molecule has 0 spiro atoms. The number of hydrogen-bond acceptors (Lipinski definition) is 9. The lowest BCUT2D eigenvalue weighted by Crippen LogP contribution is -2.53. The van der Waals surface area contributed by atoms with Crippen LogP contribution in [0.2, 0.25) is 0 Å². The number of likely N-dealkylation sites (tertiary alicyclic amines) is 2. The van der Waals surface area contributed by atoms with Crippen molar-refractivity contribution in [1.29, 1.82) is 0 Å². The number of aromatic nitrogens is 4. The molecule has 0 aliphatic carbocycles. The Labute approximate surface area is 305 Å². The molecule has 53 heavy (non-hydrogen) atoms. The van der Waals surface area contributed by atoms with E-state index in [4.69, 9.17) is 5.11 Å². The number of aliphatic hydroxyl groups is 2. The molecule has 280 valence electrons. The number of amides is 4. The molecule has 6 atom stereocenters. The standard InChI is InChI=1S/C37H44N8O8/c1-20(46)30(42-36(50)51)34(48)44-16-4-6-28(44)32-38-18-26(40-32)24-12-8-22(9-13-24)23-10-14-25(15-11-23)27-19-39-33(41-27)29-7-5-17-45(29)35(49)31(21(2)47)43-37(52)53-3/h8-15,18-21,28-31,42,46-47H,4-7,16-17H2,1-3H3,(H,38,40)(H,39,41)(H,43,52)(H,50,51)/t20-,21+,28-,29-,30-,31-/m0/s1. The predicted octanol–water partition coefficient (Wildman–Crippen LogP) is 3.58. The van der Waals surface area contributed by atoms with Crippen molar-refractivity contribution in [2.45, 2.75) is 75.9 Å². The van der Waals surface area contributed by atoms with E-state index in [1.54, 1.807) is 22.2 Å². The van der Waals surface area contributed by atoms with E-state index in [0.29, 0.717) is 37.6 Å². The van der Waals surface area contributed by atoms with Gasteiger partial charge < -0.3 is 50.5 Å². The second-order valence-electron chi connectivity index (χ2n) is 13.4. The number of imidazole rings is 2. The summed E-state index contributed by atoms with van der Waals surface area (Å²) in [5, 5.41) is 34.0. The Kier molecular flexibility index (Phi) is 11.1. The average molecular weight is 729 g/mol. The monoisotopic (exact) mass is 728 g/mol. The lowest BCUT2D eigenvalue weighted by molar-refractivity contribution is -0.137. The van der Waals surface area contributed by atoms with E-state index in [1.165, 1.54) is 21.0 Å². The number of H-pyrrole nitrogens is 2. The van der Waals surface area contributed by atoms with Crippen LogP contribution < -0.4 is 10.6 Å². The summed E-state index contributed by atoms with van der Waals surface area (Å²) in [7, 11) is 1.20. The second kappa shape index (κ2) is 15.9. The Morgan fingerprint density at radius 3 is 1.49 bits per heavy atom. The maximum absolute atomic E-state index is 13.3. The number of carboxylic acid groups (broad SMARTS) is 1. The number of carbonyl (C=O) groups excluding carboxylic acids is 3. The van der Waals surface area contributed by atoms with Gasteiger partial charge in [0.15, 0.2) is 0 Å². The van der Waals surface area contributed by atoms with Crippen molar-refractivity contribution in [3.05, 3.63) is 72.6 Å². The molecule has 0 saturated carbocycles. The molecule has 2 saturated heterocycles. The van der Waals surface area contributed by atoms with Crippen molar-refractivity contribution in [2.24, 2.45) is 0 Å². The van der Waals surface area contributed by atoms with Gasteiger partial charge in [-0.25, -0.2) is 19.6 Å². The summed E-state index contributed by atoms with van der Waals surface area (Å²) in [4.78, 5) is 68.6. The van der Waals surface area contributed by atoms with Gasteiger partial charge in [0.2, 0.25) is 11.8 Å². The van der Waals surface area contributed by atoms with Gasteiger partial charge in [0.25, 0.3) is 0 Å². The normalized spacial score (nSPS) is 19.3. The summed E-state index contributed by atoms with van der Waals surface area (Å²) in [5.74, 6) is 0.331. The number of aromatic amines is 2. The SMILES string of the molecule is COC(=O)N[C@H](C(=O)N1CCC[C@H]1c1ncc(-c2ccc(-c3ccc(-c4cnc([C@@H]5CCCN5C(=O)[C@@H](NC(=O)O)[C@H](C)O)[nH]4)cc3)cc2)[nH]1)[C@@H](C)O. The highest BCUT2D eigenvalue weighted by Crippen LogP contribution is 2.35. The summed E-state index contributed by atoms with van der Waals surface area (Å²) >= 11 is 0. The van der Waals surface area contributed by atoms with Crippen LogP contribution in [0.5, 0.6) is 0 Å². The Balaban J connectivity index is 1.11. The zero-order valence-electron chi connectivity index (χ0n) is 29.7. The summed E-state index contributed by atoms with van der Waals surface area (Å²) in [6.07, 6.45) is 1.80. The number of methoxy groups -OCH3 is 1. The van der Waals surface area contributed by atoms with Crippen LogP contribution in [0.1, 0.15) is 63.3 Å². The van der Waals surface area contributed by atoms with Crippen molar-refractivity contribution in [3.8, 4) is 33.6 Å². The second-order valence-corrected chi connectivity index (χ2v) is 13.4. The van der Waals surface area contributed by atoms with Gasteiger partial charge in [0, 0.05) is 13.1 Å². The minimum absolute atomic E-state index is 0.330. The minimum Gasteiger partial charge on any atom is -0.465 e. The summed E-state index contributed by atoms with van der Waals surface area (Å²) < 4.78 is 4.63. The molecule has 16 nitrogen and oxygen atoms in total. The third kappa shape index (κ3) is 8.03. The molecule has 4 amide bonds. The maximum Gasteiger partial charge on any atom is 0.407 e. The first kappa shape index (κ1) is 37.0. The van der Waals surface area contributed by atoms with Gasteiger partial charge >= 0.3 is 12.2 Å². The number of nitrogens with zero attached hydrogens (tertiary/aromatic N) is 4. The van der Waals surface area contributed by atoms with Crippen molar-refractivity contribution in [1.82, 2.24) is 40.4 Å². The molecule has 2 aliphatic heterocycles. The molecule has 6 rings (SSSR count).